The molecule has 1 aromatic carbocycles. The molecule has 0 aromatic heterocycles. The average Bonchev–Trinajstić information content (AvgIpc) is 2.20. The SMILES string of the molecule is CNCC=CCOc1ccccc1C. The van der Waals surface area contributed by atoms with Gasteiger partial charge in [-0.2, -0.15) is 0 Å². The highest BCUT2D eigenvalue weighted by atomic mass is 16.5. The number of para-hydroxylation sites is 1. The lowest BCUT2D eigenvalue weighted by Gasteiger charge is -2.05. The van der Waals surface area contributed by atoms with Gasteiger partial charge in [-0.15, -0.1) is 0 Å². The molecule has 0 fully saturated rings. The number of nitrogens with one attached hydrogen (secondary N) is 1. The van der Waals surface area contributed by atoms with Crippen LogP contribution in [0.1, 0.15) is 5.56 Å². The van der Waals surface area contributed by atoms with Gasteiger partial charge in [0, 0.05) is 6.54 Å². The summed E-state index contributed by atoms with van der Waals surface area (Å²) in [5.41, 5.74) is 1.18. The van der Waals surface area contributed by atoms with Crippen LogP contribution in [0.2, 0.25) is 0 Å². The molecule has 0 aliphatic heterocycles. The zero-order chi connectivity index (χ0) is 10.2. The first-order valence-electron chi connectivity index (χ1n) is 4.82. The second kappa shape index (κ2) is 6.22. The molecule has 76 valence electrons. The molecule has 0 unspecified atom stereocenters. The second-order valence-electron chi connectivity index (χ2n) is 3.11. The molecular formula is C12H17NO. The molecular weight excluding hydrogens is 174 g/mol. The summed E-state index contributed by atoms with van der Waals surface area (Å²) < 4.78 is 5.57. The molecule has 0 aliphatic carbocycles. The number of hydrogen-bond donors (Lipinski definition) is 1. The molecule has 0 bridgehead atoms. The van der Waals surface area contributed by atoms with Crippen molar-refractivity contribution in [3.8, 4) is 5.75 Å². The van der Waals surface area contributed by atoms with Crippen LogP contribution in [0.4, 0.5) is 0 Å². The normalized spacial score (nSPS) is 10.7. The number of aryl methyl sites for hydroxylation is 1. The standard InChI is InChI=1S/C12H17NO/c1-11-7-3-4-8-12(11)14-10-6-5-9-13-2/h3-8,13H,9-10H2,1-2H3. The van der Waals surface area contributed by atoms with E-state index in [4.69, 9.17) is 4.74 Å². The Hall–Kier alpha value is -1.28. The van der Waals surface area contributed by atoms with Crippen molar-refractivity contribution in [2.75, 3.05) is 20.2 Å². The fourth-order valence-electron chi connectivity index (χ4n) is 1.13. The van der Waals surface area contributed by atoms with Crippen LogP contribution < -0.4 is 10.1 Å². The fourth-order valence-corrected chi connectivity index (χ4v) is 1.13. The highest BCUT2D eigenvalue weighted by Crippen LogP contribution is 2.15. The molecule has 0 heterocycles. The van der Waals surface area contributed by atoms with Crippen molar-refractivity contribution in [3.05, 3.63) is 42.0 Å². The van der Waals surface area contributed by atoms with E-state index in [9.17, 15) is 0 Å². The van der Waals surface area contributed by atoms with E-state index < -0.39 is 0 Å². The highest BCUT2D eigenvalue weighted by Gasteiger charge is 1.94. The molecule has 0 atom stereocenters. The molecule has 1 rings (SSSR count). The number of ether oxygens (including phenoxy) is 1. The molecule has 0 radical (unpaired) electrons. The van der Waals surface area contributed by atoms with Crippen LogP contribution in [0.25, 0.3) is 0 Å². The van der Waals surface area contributed by atoms with Crippen LogP contribution in [-0.2, 0) is 0 Å². The minimum Gasteiger partial charge on any atom is -0.489 e. The largest absolute Gasteiger partial charge is 0.489 e. The quantitative estimate of drug-likeness (QED) is 0.720. The third kappa shape index (κ3) is 3.62. The third-order valence-corrected chi connectivity index (χ3v) is 1.92. The van der Waals surface area contributed by atoms with Gasteiger partial charge in [0.25, 0.3) is 0 Å². The molecule has 2 nitrogen and oxygen atoms in total. The molecule has 0 saturated carbocycles. The first-order chi connectivity index (χ1) is 6.84. The van der Waals surface area contributed by atoms with Crippen molar-refractivity contribution in [3.63, 3.8) is 0 Å². The van der Waals surface area contributed by atoms with Crippen molar-refractivity contribution < 1.29 is 4.74 Å². The summed E-state index contributed by atoms with van der Waals surface area (Å²) >= 11 is 0. The minimum atomic E-state index is 0.631. The van der Waals surface area contributed by atoms with Gasteiger partial charge in [-0.3, -0.25) is 0 Å². The molecule has 14 heavy (non-hydrogen) atoms. The van der Waals surface area contributed by atoms with E-state index in [0.29, 0.717) is 6.61 Å². The maximum absolute atomic E-state index is 5.57. The molecule has 0 amide bonds. The summed E-state index contributed by atoms with van der Waals surface area (Å²) in [7, 11) is 1.92. The summed E-state index contributed by atoms with van der Waals surface area (Å²) in [6, 6.07) is 8.03. The number of likely N-dealkylation sites (N-methyl/N-ethyl adjacent to an activating group) is 1. The number of benzene rings is 1. The maximum atomic E-state index is 5.57. The highest BCUT2D eigenvalue weighted by molar-refractivity contribution is 5.31. The molecule has 1 aromatic rings. The predicted octanol–water partition coefficient (Wildman–Crippen LogP) is 2.15. The van der Waals surface area contributed by atoms with E-state index in [1.807, 2.05) is 44.3 Å². The van der Waals surface area contributed by atoms with E-state index in [1.165, 1.54) is 5.56 Å². The van der Waals surface area contributed by atoms with Gasteiger partial charge in [0.1, 0.15) is 12.4 Å². The molecule has 0 saturated heterocycles. The lowest BCUT2D eigenvalue weighted by molar-refractivity contribution is 0.360. The van der Waals surface area contributed by atoms with Gasteiger partial charge in [-0.25, -0.2) is 0 Å². The summed E-state index contributed by atoms with van der Waals surface area (Å²) in [5.74, 6) is 0.960. The Balaban J connectivity index is 2.35. The lowest BCUT2D eigenvalue weighted by atomic mass is 10.2. The summed E-state index contributed by atoms with van der Waals surface area (Å²) in [6.07, 6.45) is 4.07. The number of hydrogen-bond acceptors (Lipinski definition) is 2. The molecule has 2 heteroatoms. The van der Waals surface area contributed by atoms with Gasteiger partial charge in [-0.1, -0.05) is 30.4 Å². The Labute approximate surface area is 85.6 Å². The van der Waals surface area contributed by atoms with Gasteiger partial charge >= 0.3 is 0 Å². The van der Waals surface area contributed by atoms with E-state index in [2.05, 4.69) is 11.4 Å². The average molecular weight is 191 g/mol. The third-order valence-electron chi connectivity index (χ3n) is 1.92. The van der Waals surface area contributed by atoms with Crippen molar-refractivity contribution in [1.29, 1.82) is 0 Å². The smallest absolute Gasteiger partial charge is 0.122 e. The van der Waals surface area contributed by atoms with Crippen LogP contribution >= 0.6 is 0 Å². The monoisotopic (exact) mass is 191 g/mol. The van der Waals surface area contributed by atoms with E-state index in [-0.39, 0.29) is 0 Å². The van der Waals surface area contributed by atoms with E-state index in [0.717, 1.165) is 12.3 Å². The van der Waals surface area contributed by atoms with Crippen molar-refractivity contribution >= 4 is 0 Å². The van der Waals surface area contributed by atoms with Crippen molar-refractivity contribution in [2.45, 2.75) is 6.92 Å². The van der Waals surface area contributed by atoms with Gasteiger partial charge in [0.2, 0.25) is 0 Å². The molecule has 0 aliphatic rings. The Morgan fingerprint density at radius 3 is 2.79 bits per heavy atom. The Morgan fingerprint density at radius 2 is 2.07 bits per heavy atom. The zero-order valence-electron chi connectivity index (χ0n) is 8.79. The molecule has 1 N–H and O–H groups in total. The van der Waals surface area contributed by atoms with Gasteiger partial charge in [0.15, 0.2) is 0 Å². The number of rotatable bonds is 5. The Kier molecular flexibility index (Phi) is 4.79. The maximum Gasteiger partial charge on any atom is 0.122 e. The predicted molar refractivity (Wildman–Crippen MR) is 59.7 cm³/mol. The van der Waals surface area contributed by atoms with Gasteiger partial charge in [-0.05, 0) is 25.6 Å². The Bertz CT molecular complexity index is 294. The van der Waals surface area contributed by atoms with Crippen LogP contribution in [0.5, 0.6) is 5.75 Å². The van der Waals surface area contributed by atoms with E-state index in [1.54, 1.807) is 0 Å². The van der Waals surface area contributed by atoms with Crippen LogP contribution in [0.15, 0.2) is 36.4 Å². The lowest BCUT2D eigenvalue weighted by Crippen LogP contribution is -2.04. The van der Waals surface area contributed by atoms with Crippen molar-refractivity contribution in [1.82, 2.24) is 5.32 Å². The minimum absolute atomic E-state index is 0.631. The van der Waals surface area contributed by atoms with E-state index >= 15 is 0 Å². The van der Waals surface area contributed by atoms with Gasteiger partial charge in [0.05, 0.1) is 0 Å². The Morgan fingerprint density at radius 1 is 1.29 bits per heavy atom. The topological polar surface area (TPSA) is 21.3 Å². The van der Waals surface area contributed by atoms with Crippen LogP contribution in [0, 0.1) is 6.92 Å². The van der Waals surface area contributed by atoms with Gasteiger partial charge < -0.3 is 10.1 Å². The zero-order valence-corrected chi connectivity index (χ0v) is 8.79. The summed E-state index contributed by atoms with van der Waals surface area (Å²) in [4.78, 5) is 0. The van der Waals surface area contributed by atoms with Crippen LogP contribution in [-0.4, -0.2) is 20.2 Å². The van der Waals surface area contributed by atoms with Crippen LogP contribution in [0.3, 0.4) is 0 Å². The van der Waals surface area contributed by atoms with Crippen molar-refractivity contribution in [2.24, 2.45) is 0 Å². The second-order valence-corrected chi connectivity index (χ2v) is 3.11. The fraction of sp³-hybridized carbons (Fsp3) is 0.333. The molecule has 0 spiro atoms. The first-order valence-corrected chi connectivity index (χ1v) is 4.82. The summed E-state index contributed by atoms with van der Waals surface area (Å²) in [6.45, 7) is 3.57. The summed E-state index contributed by atoms with van der Waals surface area (Å²) in [5, 5.41) is 3.04. The first kappa shape index (κ1) is 10.8.